The molecule has 0 atom stereocenters. The fourth-order valence-corrected chi connectivity index (χ4v) is 4.77. The first-order valence-corrected chi connectivity index (χ1v) is 12.7. The zero-order chi connectivity index (χ0) is 30.4. The summed E-state index contributed by atoms with van der Waals surface area (Å²) in [6, 6.07) is 10.6. The highest BCUT2D eigenvalue weighted by atomic mass is 16.5. The molecule has 0 saturated carbocycles. The molecule has 3 aromatic rings. The van der Waals surface area contributed by atoms with Gasteiger partial charge in [0.1, 0.15) is 0 Å². The average Bonchev–Trinajstić information content (AvgIpc) is 3.01. The number of hydrogen-bond donors (Lipinski definition) is 3. The van der Waals surface area contributed by atoms with Crippen LogP contribution in [0, 0.1) is 0 Å². The number of ether oxygens (including phenoxy) is 6. The van der Waals surface area contributed by atoms with Crippen LogP contribution in [-0.2, 0) is 33.6 Å². The molecule has 3 N–H and O–H groups in total. The third kappa shape index (κ3) is 6.95. The van der Waals surface area contributed by atoms with Gasteiger partial charge in [0, 0.05) is 0 Å². The van der Waals surface area contributed by atoms with Gasteiger partial charge in [0.05, 0.1) is 21.3 Å². The van der Waals surface area contributed by atoms with E-state index in [9.17, 15) is 14.4 Å². The van der Waals surface area contributed by atoms with E-state index in [-0.39, 0.29) is 17.2 Å². The maximum Gasteiger partial charge on any atom is 0.341 e. The van der Waals surface area contributed by atoms with Crippen LogP contribution in [0.4, 0.5) is 0 Å². The molecule has 0 heterocycles. The normalized spacial score (nSPS) is 11.8. The minimum atomic E-state index is -1.14. The lowest BCUT2D eigenvalue weighted by molar-refractivity contribution is -0.140. The summed E-state index contributed by atoms with van der Waals surface area (Å²) in [6.45, 7) is -1.68. The second-order valence-electron chi connectivity index (χ2n) is 9.39. The van der Waals surface area contributed by atoms with Crippen molar-refractivity contribution in [2.24, 2.45) is 0 Å². The van der Waals surface area contributed by atoms with Crippen LogP contribution < -0.4 is 28.4 Å². The molecule has 12 heteroatoms. The molecule has 4 rings (SSSR count). The molecule has 0 aliphatic heterocycles. The molecule has 0 radical (unpaired) electrons. The monoisotopic (exact) mass is 582 g/mol. The number of carbonyl (C=O) groups is 3. The van der Waals surface area contributed by atoms with E-state index in [4.69, 9.17) is 43.7 Å². The topological polar surface area (TPSA) is 167 Å². The number of carboxylic acids is 3. The van der Waals surface area contributed by atoms with Crippen molar-refractivity contribution >= 4 is 17.9 Å². The summed E-state index contributed by atoms with van der Waals surface area (Å²) >= 11 is 0. The minimum Gasteiger partial charge on any atom is -0.493 e. The molecule has 42 heavy (non-hydrogen) atoms. The molecule has 0 amide bonds. The summed E-state index contributed by atoms with van der Waals surface area (Å²) in [5.74, 6) is -1.59. The van der Waals surface area contributed by atoms with E-state index in [0.29, 0.717) is 36.5 Å². The maximum absolute atomic E-state index is 11.2. The third-order valence-corrected chi connectivity index (χ3v) is 6.65. The summed E-state index contributed by atoms with van der Waals surface area (Å²) in [7, 11) is 4.37. The second-order valence-corrected chi connectivity index (χ2v) is 9.39. The molecule has 222 valence electrons. The van der Waals surface area contributed by atoms with Crippen molar-refractivity contribution < 1.29 is 58.1 Å². The SMILES string of the molecule is COc1cc2c(cc1OCC(=O)O)Cc1cc(OC)c(OCC(=O)O)cc1Cc1cc(OC)c(OCC(=O)O)cc1C2. The zero-order valence-corrected chi connectivity index (χ0v) is 23.2. The fraction of sp³-hybridized carbons (Fsp3) is 0.300. The van der Waals surface area contributed by atoms with Crippen LogP contribution in [0.3, 0.4) is 0 Å². The zero-order valence-electron chi connectivity index (χ0n) is 23.2. The van der Waals surface area contributed by atoms with Crippen LogP contribution in [0.25, 0.3) is 0 Å². The highest BCUT2D eigenvalue weighted by molar-refractivity contribution is 5.70. The van der Waals surface area contributed by atoms with Gasteiger partial charge < -0.3 is 43.7 Å². The van der Waals surface area contributed by atoms with Crippen LogP contribution in [0.15, 0.2) is 36.4 Å². The number of aliphatic carboxylic acids is 3. The van der Waals surface area contributed by atoms with E-state index in [1.807, 2.05) is 0 Å². The first-order chi connectivity index (χ1) is 20.1. The van der Waals surface area contributed by atoms with Crippen molar-refractivity contribution in [3.63, 3.8) is 0 Å². The van der Waals surface area contributed by atoms with Crippen molar-refractivity contribution in [3.05, 3.63) is 69.8 Å². The summed E-state index contributed by atoms with van der Waals surface area (Å²) in [6.07, 6.45) is 1.17. The van der Waals surface area contributed by atoms with Crippen LogP contribution in [0.5, 0.6) is 34.5 Å². The van der Waals surface area contributed by atoms with Gasteiger partial charge in [-0.15, -0.1) is 0 Å². The minimum absolute atomic E-state index is 0.258. The maximum atomic E-state index is 11.2. The largest absolute Gasteiger partial charge is 0.493 e. The molecule has 0 bridgehead atoms. The smallest absolute Gasteiger partial charge is 0.341 e. The molecule has 0 unspecified atom stereocenters. The van der Waals surface area contributed by atoms with Crippen LogP contribution >= 0.6 is 0 Å². The highest BCUT2D eigenvalue weighted by Crippen LogP contribution is 2.40. The number of rotatable bonds is 12. The van der Waals surface area contributed by atoms with Gasteiger partial charge in [-0.05, 0) is 89.0 Å². The number of carboxylic acid groups (broad SMARTS) is 3. The van der Waals surface area contributed by atoms with E-state index >= 15 is 0 Å². The summed E-state index contributed by atoms with van der Waals surface area (Å²) < 4.78 is 33.1. The molecular formula is C30H30O12. The molecule has 12 nitrogen and oxygen atoms in total. The van der Waals surface area contributed by atoms with Crippen molar-refractivity contribution in [2.75, 3.05) is 41.2 Å². The molecule has 1 aliphatic carbocycles. The molecule has 0 aromatic heterocycles. The number of benzene rings is 3. The van der Waals surface area contributed by atoms with Gasteiger partial charge in [0.2, 0.25) is 0 Å². The molecule has 3 aromatic carbocycles. The highest BCUT2D eigenvalue weighted by Gasteiger charge is 2.23. The van der Waals surface area contributed by atoms with Crippen molar-refractivity contribution in [2.45, 2.75) is 19.3 Å². The summed E-state index contributed by atoms with van der Waals surface area (Å²) in [5, 5.41) is 27.5. The second kappa shape index (κ2) is 13.0. The number of hydrogen-bond acceptors (Lipinski definition) is 9. The quantitative estimate of drug-likeness (QED) is 0.224. The Kier molecular flexibility index (Phi) is 9.25. The van der Waals surface area contributed by atoms with Crippen molar-refractivity contribution in [1.82, 2.24) is 0 Å². The Hall–Kier alpha value is -5.13. The van der Waals surface area contributed by atoms with Crippen molar-refractivity contribution in [3.8, 4) is 34.5 Å². The Morgan fingerprint density at radius 3 is 0.881 bits per heavy atom. The molecule has 0 saturated heterocycles. The van der Waals surface area contributed by atoms with Gasteiger partial charge >= 0.3 is 17.9 Å². The van der Waals surface area contributed by atoms with Gasteiger partial charge in [0.25, 0.3) is 0 Å². The van der Waals surface area contributed by atoms with E-state index in [1.54, 1.807) is 36.4 Å². The Balaban J connectivity index is 1.93. The Morgan fingerprint density at radius 1 is 0.476 bits per heavy atom. The lowest BCUT2D eigenvalue weighted by Gasteiger charge is -2.17. The Bertz CT molecular complexity index is 1330. The van der Waals surface area contributed by atoms with Crippen molar-refractivity contribution in [1.29, 1.82) is 0 Å². The van der Waals surface area contributed by atoms with E-state index in [1.165, 1.54) is 21.3 Å². The van der Waals surface area contributed by atoms with E-state index in [2.05, 4.69) is 0 Å². The van der Waals surface area contributed by atoms with Gasteiger partial charge in [-0.1, -0.05) is 0 Å². The predicted molar refractivity (Wildman–Crippen MR) is 147 cm³/mol. The fourth-order valence-electron chi connectivity index (χ4n) is 4.77. The first kappa shape index (κ1) is 29.8. The average molecular weight is 583 g/mol. The third-order valence-electron chi connectivity index (χ3n) is 6.65. The van der Waals surface area contributed by atoms with Gasteiger partial charge in [-0.3, -0.25) is 0 Å². The lowest BCUT2D eigenvalue weighted by Crippen LogP contribution is -2.11. The van der Waals surface area contributed by atoms with Crippen LogP contribution in [0.2, 0.25) is 0 Å². The standard InChI is InChI=1S/C30H30O12/c1-37-22-7-16-4-20-11-26(41-14-29(33)34)24(39-3)9-18(20)6-21-12-27(42-15-30(35)36)23(38-2)8-17(21)5-19(16)10-25(22)40-13-28(31)32/h7-12H,4-6,13-15H2,1-3H3,(H,31,32)(H,33,34)(H,35,36). The number of methoxy groups -OCH3 is 3. The van der Waals surface area contributed by atoms with Gasteiger partial charge in [-0.2, -0.15) is 0 Å². The predicted octanol–water partition coefficient (Wildman–Crippen LogP) is 3.19. The van der Waals surface area contributed by atoms with E-state index < -0.39 is 37.7 Å². The Morgan fingerprint density at radius 2 is 0.690 bits per heavy atom. The lowest BCUT2D eigenvalue weighted by atomic mass is 9.94. The number of fused-ring (bicyclic) bond motifs is 3. The van der Waals surface area contributed by atoms with Crippen LogP contribution in [-0.4, -0.2) is 74.4 Å². The van der Waals surface area contributed by atoms with Gasteiger partial charge in [-0.25, -0.2) is 14.4 Å². The van der Waals surface area contributed by atoms with E-state index in [0.717, 1.165) is 33.4 Å². The molecule has 1 aliphatic rings. The first-order valence-electron chi connectivity index (χ1n) is 12.7. The summed E-state index contributed by atoms with van der Waals surface area (Å²) in [5.41, 5.74) is 5.00. The Labute approximate surface area is 240 Å². The molecular weight excluding hydrogens is 552 g/mol. The summed E-state index contributed by atoms with van der Waals surface area (Å²) in [4.78, 5) is 33.6. The van der Waals surface area contributed by atoms with Crippen LogP contribution in [0.1, 0.15) is 33.4 Å². The molecule has 0 spiro atoms. The van der Waals surface area contributed by atoms with Gasteiger partial charge in [0.15, 0.2) is 54.3 Å². The molecule has 0 fully saturated rings.